The Morgan fingerprint density at radius 3 is 2.89 bits per heavy atom. The quantitative estimate of drug-likeness (QED) is 0.896. The zero-order valence-electron chi connectivity index (χ0n) is 10.8. The van der Waals surface area contributed by atoms with E-state index in [0.717, 1.165) is 40.5 Å². The molecule has 1 aliphatic rings. The first-order valence-electron chi connectivity index (χ1n) is 6.64. The van der Waals surface area contributed by atoms with Crippen molar-refractivity contribution >= 4 is 21.7 Å². The normalized spacial score (nSPS) is 14.6. The minimum Gasteiger partial charge on any atom is -0.461 e. The van der Waals surface area contributed by atoms with E-state index in [1.807, 2.05) is 12.1 Å². The molecule has 0 saturated heterocycles. The molecule has 0 radical (unpaired) electrons. The Hall–Kier alpha value is -1.36. The second-order valence-corrected chi connectivity index (χ2v) is 5.65. The zero-order valence-corrected chi connectivity index (χ0v) is 12.4. The number of rotatable bonds is 5. The molecule has 1 saturated carbocycles. The smallest absolute Gasteiger partial charge is 0.166 e. The standard InChI is InChI=1S/C14H16BrN3O/c1-2-6-16-12-8-11(13-10(15)5-7-19-13)17-14(18-12)9-3-4-9/h5,7-9H,2-4,6H2,1H3,(H,16,17,18). The summed E-state index contributed by atoms with van der Waals surface area (Å²) in [7, 11) is 0. The number of furan rings is 1. The highest BCUT2D eigenvalue weighted by Gasteiger charge is 2.28. The van der Waals surface area contributed by atoms with Gasteiger partial charge < -0.3 is 9.73 Å². The van der Waals surface area contributed by atoms with Crippen molar-refractivity contribution in [3.63, 3.8) is 0 Å². The Bertz CT molecular complexity index is 578. The summed E-state index contributed by atoms with van der Waals surface area (Å²) in [6.45, 7) is 3.06. The Kier molecular flexibility index (Phi) is 3.55. The molecule has 0 spiro atoms. The third-order valence-corrected chi connectivity index (χ3v) is 3.72. The lowest BCUT2D eigenvalue weighted by Gasteiger charge is -2.08. The molecule has 19 heavy (non-hydrogen) atoms. The predicted molar refractivity (Wildman–Crippen MR) is 78.2 cm³/mol. The first-order valence-corrected chi connectivity index (χ1v) is 7.43. The predicted octanol–water partition coefficient (Wildman–Crippen LogP) is 4.20. The molecule has 0 amide bonds. The first-order chi connectivity index (χ1) is 9.28. The van der Waals surface area contributed by atoms with Crippen LogP contribution in [0.5, 0.6) is 0 Å². The summed E-state index contributed by atoms with van der Waals surface area (Å²) in [4.78, 5) is 9.23. The van der Waals surface area contributed by atoms with Gasteiger partial charge >= 0.3 is 0 Å². The van der Waals surface area contributed by atoms with Crippen LogP contribution in [0.1, 0.15) is 37.9 Å². The number of nitrogens with one attached hydrogen (secondary N) is 1. The maximum atomic E-state index is 5.50. The highest BCUT2D eigenvalue weighted by molar-refractivity contribution is 9.10. The van der Waals surface area contributed by atoms with Gasteiger partial charge in [0.25, 0.3) is 0 Å². The van der Waals surface area contributed by atoms with E-state index in [0.29, 0.717) is 5.92 Å². The Morgan fingerprint density at radius 2 is 2.26 bits per heavy atom. The van der Waals surface area contributed by atoms with E-state index in [2.05, 4.69) is 38.1 Å². The largest absolute Gasteiger partial charge is 0.461 e. The van der Waals surface area contributed by atoms with Gasteiger partial charge in [-0.2, -0.15) is 0 Å². The lowest BCUT2D eigenvalue weighted by atomic mass is 10.3. The van der Waals surface area contributed by atoms with Crippen molar-refractivity contribution in [2.24, 2.45) is 0 Å². The first kappa shape index (κ1) is 12.7. The third-order valence-electron chi connectivity index (χ3n) is 3.09. The van der Waals surface area contributed by atoms with Crippen LogP contribution in [0.15, 0.2) is 27.3 Å². The molecule has 3 rings (SSSR count). The molecule has 100 valence electrons. The fourth-order valence-corrected chi connectivity index (χ4v) is 2.33. The second kappa shape index (κ2) is 5.33. The van der Waals surface area contributed by atoms with Gasteiger partial charge in [0.2, 0.25) is 0 Å². The Morgan fingerprint density at radius 1 is 1.42 bits per heavy atom. The number of anilines is 1. The molecular weight excluding hydrogens is 306 g/mol. The third kappa shape index (κ3) is 2.81. The van der Waals surface area contributed by atoms with Crippen molar-refractivity contribution in [1.29, 1.82) is 0 Å². The summed E-state index contributed by atoms with van der Waals surface area (Å²) in [5, 5.41) is 3.33. The molecule has 2 heterocycles. The van der Waals surface area contributed by atoms with E-state index in [1.165, 1.54) is 12.8 Å². The molecule has 1 aliphatic carbocycles. The molecule has 2 aromatic heterocycles. The maximum absolute atomic E-state index is 5.50. The zero-order chi connectivity index (χ0) is 13.2. The van der Waals surface area contributed by atoms with Gasteiger partial charge in [-0.25, -0.2) is 9.97 Å². The van der Waals surface area contributed by atoms with Crippen LogP contribution in [0.2, 0.25) is 0 Å². The number of halogens is 1. The van der Waals surface area contributed by atoms with Crippen molar-refractivity contribution < 1.29 is 4.42 Å². The lowest BCUT2D eigenvalue weighted by molar-refractivity contribution is 0.578. The molecular formula is C14H16BrN3O. The van der Waals surface area contributed by atoms with Gasteiger partial charge in [0.05, 0.1) is 10.7 Å². The van der Waals surface area contributed by atoms with Crippen LogP contribution in [0.4, 0.5) is 5.82 Å². The highest BCUT2D eigenvalue weighted by Crippen LogP contribution is 2.39. The van der Waals surface area contributed by atoms with E-state index in [-0.39, 0.29) is 0 Å². The van der Waals surface area contributed by atoms with Crippen molar-refractivity contribution in [1.82, 2.24) is 9.97 Å². The van der Waals surface area contributed by atoms with E-state index >= 15 is 0 Å². The monoisotopic (exact) mass is 321 g/mol. The van der Waals surface area contributed by atoms with Crippen molar-refractivity contribution in [2.45, 2.75) is 32.1 Å². The van der Waals surface area contributed by atoms with Gasteiger partial charge in [0, 0.05) is 18.5 Å². The van der Waals surface area contributed by atoms with Crippen molar-refractivity contribution in [3.8, 4) is 11.5 Å². The van der Waals surface area contributed by atoms with Crippen LogP contribution in [0.25, 0.3) is 11.5 Å². The number of nitrogens with zero attached hydrogens (tertiary/aromatic N) is 2. The van der Waals surface area contributed by atoms with E-state index in [1.54, 1.807) is 6.26 Å². The van der Waals surface area contributed by atoms with Gasteiger partial charge in [-0.3, -0.25) is 0 Å². The molecule has 0 aliphatic heterocycles. The molecule has 0 unspecified atom stereocenters. The van der Waals surface area contributed by atoms with Gasteiger partial charge in [0.15, 0.2) is 5.76 Å². The maximum Gasteiger partial charge on any atom is 0.166 e. The molecule has 1 N–H and O–H groups in total. The van der Waals surface area contributed by atoms with Crippen molar-refractivity contribution in [3.05, 3.63) is 28.7 Å². The number of aromatic nitrogens is 2. The second-order valence-electron chi connectivity index (χ2n) is 4.80. The van der Waals surface area contributed by atoms with Gasteiger partial charge in [0.1, 0.15) is 17.3 Å². The van der Waals surface area contributed by atoms with Crippen LogP contribution < -0.4 is 5.32 Å². The number of hydrogen-bond donors (Lipinski definition) is 1. The van der Waals surface area contributed by atoms with Crippen LogP contribution >= 0.6 is 15.9 Å². The minimum absolute atomic E-state index is 0.524. The van der Waals surface area contributed by atoms with E-state index in [9.17, 15) is 0 Å². The summed E-state index contributed by atoms with van der Waals surface area (Å²) >= 11 is 3.48. The fraction of sp³-hybridized carbons (Fsp3) is 0.429. The van der Waals surface area contributed by atoms with Crippen molar-refractivity contribution in [2.75, 3.05) is 11.9 Å². The summed E-state index contributed by atoms with van der Waals surface area (Å²) in [5.41, 5.74) is 0.840. The van der Waals surface area contributed by atoms with Crippen LogP contribution in [-0.4, -0.2) is 16.5 Å². The molecule has 1 fully saturated rings. The van der Waals surface area contributed by atoms with Gasteiger partial charge in [-0.05, 0) is 41.3 Å². The SMILES string of the molecule is CCCNc1cc(-c2occc2Br)nc(C2CC2)n1. The lowest BCUT2D eigenvalue weighted by Crippen LogP contribution is -2.05. The minimum atomic E-state index is 0.524. The van der Waals surface area contributed by atoms with Crippen LogP contribution in [0, 0.1) is 0 Å². The summed E-state index contributed by atoms with van der Waals surface area (Å²) in [6, 6.07) is 3.83. The highest BCUT2D eigenvalue weighted by atomic mass is 79.9. The number of hydrogen-bond acceptors (Lipinski definition) is 4. The van der Waals surface area contributed by atoms with Crippen LogP contribution in [0.3, 0.4) is 0 Å². The van der Waals surface area contributed by atoms with E-state index in [4.69, 9.17) is 4.42 Å². The molecule has 2 aromatic rings. The van der Waals surface area contributed by atoms with E-state index < -0.39 is 0 Å². The molecule has 5 heteroatoms. The summed E-state index contributed by atoms with van der Waals surface area (Å²) in [5.74, 6) is 3.11. The topological polar surface area (TPSA) is 51.0 Å². The average molecular weight is 322 g/mol. The fourth-order valence-electron chi connectivity index (χ4n) is 1.93. The van der Waals surface area contributed by atoms with Gasteiger partial charge in [-0.15, -0.1) is 0 Å². The summed E-state index contributed by atoms with van der Waals surface area (Å²) in [6.07, 6.45) is 5.12. The van der Waals surface area contributed by atoms with Crippen LogP contribution in [-0.2, 0) is 0 Å². The Labute approximate surface area is 120 Å². The Balaban J connectivity index is 1.98. The molecule has 0 bridgehead atoms. The summed E-state index contributed by atoms with van der Waals surface area (Å²) < 4.78 is 6.43. The molecule has 4 nitrogen and oxygen atoms in total. The molecule has 0 atom stereocenters. The van der Waals surface area contributed by atoms with Gasteiger partial charge in [-0.1, -0.05) is 6.92 Å². The molecule has 0 aromatic carbocycles. The average Bonchev–Trinajstić information content (AvgIpc) is 3.18.